The van der Waals surface area contributed by atoms with Gasteiger partial charge in [0.05, 0.1) is 6.04 Å². The van der Waals surface area contributed by atoms with Gasteiger partial charge in [-0.05, 0) is 39.2 Å². The Morgan fingerprint density at radius 1 is 1.23 bits per heavy atom. The van der Waals surface area contributed by atoms with E-state index in [-0.39, 0.29) is 24.3 Å². The number of hydrogen-bond donors (Lipinski definition) is 1. The molecule has 166 valence electrons. The van der Waals surface area contributed by atoms with Crippen molar-refractivity contribution >= 4 is 11.8 Å². The number of hydrogen-bond acceptors (Lipinski definition) is 5. The molecule has 2 aromatic rings. The average Bonchev–Trinajstić information content (AvgIpc) is 2.92. The van der Waals surface area contributed by atoms with Crippen molar-refractivity contribution in [2.45, 2.75) is 25.6 Å². The summed E-state index contributed by atoms with van der Waals surface area (Å²) >= 11 is 0. The molecule has 2 unspecified atom stereocenters. The van der Waals surface area contributed by atoms with Crippen molar-refractivity contribution in [1.82, 2.24) is 15.1 Å². The van der Waals surface area contributed by atoms with E-state index in [1.807, 2.05) is 43.3 Å². The van der Waals surface area contributed by atoms with Gasteiger partial charge in [-0.25, -0.2) is 4.39 Å². The topological polar surface area (TPSA) is 71.1 Å². The second-order valence-electron chi connectivity index (χ2n) is 7.81. The van der Waals surface area contributed by atoms with Crippen molar-refractivity contribution in [2.75, 3.05) is 33.9 Å². The first-order valence-electron chi connectivity index (χ1n) is 10.2. The molecule has 2 atom stereocenters. The van der Waals surface area contributed by atoms with E-state index < -0.39 is 17.8 Å². The van der Waals surface area contributed by atoms with E-state index in [0.717, 1.165) is 11.3 Å². The lowest BCUT2D eigenvalue weighted by molar-refractivity contribution is -0.139. The molecule has 8 heteroatoms. The molecule has 0 fully saturated rings. The number of likely N-dealkylation sites (N-methyl/N-ethyl adjacent to an activating group) is 1. The zero-order chi connectivity index (χ0) is 22.4. The molecule has 31 heavy (non-hydrogen) atoms. The van der Waals surface area contributed by atoms with Gasteiger partial charge in [-0.15, -0.1) is 0 Å². The summed E-state index contributed by atoms with van der Waals surface area (Å²) < 4.78 is 24.8. The van der Waals surface area contributed by atoms with Gasteiger partial charge in [-0.3, -0.25) is 9.59 Å². The summed E-state index contributed by atoms with van der Waals surface area (Å²) in [6.45, 7) is 2.62. The molecule has 2 amide bonds. The Balaban J connectivity index is 1.66. The highest BCUT2D eigenvalue weighted by molar-refractivity contribution is 5.88. The Labute approximate surface area is 181 Å². The normalized spacial score (nSPS) is 16.7. The minimum atomic E-state index is -0.772. The van der Waals surface area contributed by atoms with Gasteiger partial charge in [0.1, 0.15) is 18.4 Å². The summed E-state index contributed by atoms with van der Waals surface area (Å²) in [7, 11) is 3.87. The summed E-state index contributed by atoms with van der Waals surface area (Å²) in [5.41, 5.74) is 0.915. The average molecular weight is 429 g/mol. The largest absolute Gasteiger partial charge is 0.491 e. The Morgan fingerprint density at radius 2 is 1.94 bits per heavy atom. The van der Waals surface area contributed by atoms with E-state index >= 15 is 0 Å². The van der Waals surface area contributed by atoms with Crippen LogP contribution in [0, 0.1) is 5.82 Å². The summed E-state index contributed by atoms with van der Waals surface area (Å²) in [6, 6.07) is 12.5. The highest BCUT2D eigenvalue weighted by Crippen LogP contribution is 2.25. The number of carbonyl (C=O) groups excluding carboxylic acids is 2. The molecular formula is C23H28FN3O4. The van der Waals surface area contributed by atoms with Crippen molar-refractivity contribution in [3.63, 3.8) is 0 Å². The van der Waals surface area contributed by atoms with E-state index in [1.165, 1.54) is 18.2 Å². The summed E-state index contributed by atoms with van der Waals surface area (Å²) in [5, 5.41) is 2.65. The van der Waals surface area contributed by atoms with Gasteiger partial charge in [-0.2, -0.15) is 0 Å². The number of nitrogens with zero attached hydrogens (tertiary/aromatic N) is 2. The quantitative estimate of drug-likeness (QED) is 0.730. The van der Waals surface area contributed by atoms with Crippen LogP contribution in [0.5, 0.6) is 11.5 Å². The fraction of sp³-hybridized carbons (Fsp3) is 0.391. The molecule has 1 aliphatic heterocycles. The van der Waals surface area contributed by atoms with Crippen LogP contribution in [0.1, 0.15) is 12.5 Å². The van der Waals surface area contributed by atoms with Crippen LogP contribution in [0.2, 0.25) is 0 Å². The minimum absolute atomic E-state index is 0.0102. The van der Waals surface area contributed by atoms with Gasteiger partial charge in [-0.1, -0.05) is 30.3 Å². The van der Waals surface area contributed by atoms with Gasteiger partial charge in [0.15, 0.2) is 18.2 Å². The monoisotopic (exact) mass is 429 g/mol. The predicted octanol–water partition coefficient (Wildman–Crippen LogP) is 2.06. The van der Waals surface area contributed by atoms with E-state index in [9.17, 15) is 14.0 Å². The summed E-state index contributed by atoms with van der Waals surface area (Å²) in [5.74, 6) is -0.513. The molecule has 0 saturated heterocycles. The number of benzene rings is 2. The number of fused-ring (bicyclic) bond motifs is 1. The number of amides is 2. The Bertz CT molecular complexity index is 921. The molecule has 0 radical (unpaired) electrons. The fourth-order valence-electron chi connectivity index (χ4n) is 3.49. The SMILES string of the molecule is CC(NC(=O)COc1ccccc1F)C(=O)N1Cc2ccccc2OCC1CN(C)C. The van der Waals surface area contributed by atoms with Crippen LogP contribution in [-0.4, -0.2) is 67.6 Å². The third kappa shape index (κ3) is 5.95. The van der Waals surface area contributed by atoms with Crippen LogP contribution in [-0.2, 0) is 16.1 Å². The van der Waals surface area contributed by atoms with Gasteiger partial charge >= 0.3 is 0 Å². The van der Waals surface area contributed by atoms with Crippen LogP contribution < -0.4 is 14.8 Å². The molecule has 0 bridgehead atoms. The van der Waals surface area contributed by atoms with Gasteiger partial charge < -0.3 is 24.6 Å². The standard InChI is InChI=1S/C23H28FN3O4/c1-16(25-22(28)15-31-21-11-7-5-9-19(21)24)23(29)27-12-17-8-4-6-10-20(17)30-14-18(27)13-26(2)3/h4-11,16,18H,12-15H2,1-3H3,(H,25,28). The molecule has 0 aliphatic carbocycles. The maximum absolute atomic E-state index is 13.6. The Morgan fingerprint density at radius 3 is 2.68 bits per heavy atom. The lowest BCUT2D eigenvalue weighted by Crippen LogP contribution is -2.54. The molecule has 1 N–H and O–H groups in total. The van der Waals surface area contributed by atoms with Gasteiger partial charge in [0.2, 0.25) is 5.91 Å². The van der Waals surface area contributed by atoms with Crippen LogP contribution in [0.15, 0.2) is 48.5 Å². The van der Waals surface area contributed by atoms with E-state index in [1.54, 1.807) is 17.9 Å². The first-order chi connectivity index (χ1) is 14.8. The number of rotatable bonds is 7. The fourth-order valence-corrected chi connectivity index (χ4v) is 3.49. The number of carbonyl (C=O) groups is 2. The Kier molecular flexibility index (Phi) is 7.46. The molecule has 7 nitrogen and oxygen atoms in total. The first-order valence-corrected chi connectivity index (χ1v) is 10.2. The summed E-state index contributed by atoms with van der Waals surface area (Å²) in [6.07, 6.45) is 0. The van der Waals surface area contributed by atoms with Crippen LogP contribution >= 0.6 is 0 Å². The number of para-hydroxylation sites is 2. The van der Waals surface area contributed by atoms with E-state index in [4.69, 9.17) is 9.47 Å². The second kappa shape index (κ2) is 10.3. The third-order valence-electron chi connectivity index (χ3n) is 4.99. The third-order valence-corrected chi connectivity index (χ3v) is 4.99. The molecule has 1 heterocycles. The maximum atomic E-state index is 13.6. The van der Waals surface area contributed by atoms with Crippen LogP contribution in [0.25, 0.3) is 0 Å². The molecule has 0 aromatic heterocycles. The van der Waals surface area contributed by atoms with E-state index in [0.29, 0.717) is 19.7 Å². The van der Waals surface area contributed by atoms with Crippen molar-refractivity contribution < 1.29 is 23.5 Å². The van der Waals surface area contributed by atoms with Crippen LogP contribution in [0.4, 0.5) is 4.39 Å². The zero-order valence-corrected chi connectivity index (χ0v) is 18.0. The number of nitrogens with one attached hydrogen (secondary N) is 1. The Hall–Kier alpha value is -3.13. The lowest BCUT2D eigenvalue weighted by Gasteiger charge is -2.33. The molecule has 0 saturated carbocycles. The predicted molar refractivity (Wildman–Crippen MR) is 114 cm³/mol. The van der Waals surface area contributed by atoms with Crippen molar-refractivity contribution in [3.05, 3.63) is 59.9 Å². The lowest BCUT2D eigenvalue weighted by atomic mass is 10.1. The van der Waals surface area contributed by atoms with Gasteiger partial charge in [0.25, 0.3) is 5.91 Å². The van der Waals surface area contributed by atoms with Crippen molar-refractivity contribution in [1.29, 1.82) is 0 Å². The second-order valence-corrected chi connectivity index (χ2v) is 7.81. The molecule has 1 aliphatic rings. The van der Waals surface area contributed by atoms with Crippen molar-refractivity contribution in [2.24, 2.45) is 0 Å². The highest BCUT2D eigenvalue weighted by atomic mass is 19.1. The van der Waals surface area contributed by atoms with E-state index in [2.05, 4.69) is 5.32 Å². The van der Waals surface area contributed by atoms with Gasteiger partial charge in [0, 0.05) is 18.7 Å². The minimum Gasteiger partial charge on any atom is -0.491 e. The number of halogens is 1. The molecule has 0 spiro atoms. The molecular weight excluding hydrogens is 401 g/mol. The molecule has 3 rings (SSSR count). The van der Waals surface area contributed by atoms with Crippen LogP contribution in [0.3, 0.4) is 0 Å². The highest BCUT2D eigenvalue weighted by Gasteiger charge is 2.32. The first kappa shape index (κ1) is 22.6. The zero-order valence-electron chi connectivity index (χ0n) is 18.0. The smallest absolute Gasteiger partial charge is 0.258 e. The summed E-state index contributed by atoms with van der Waals surface area (Å²) in [4.78, 5) is 29.3. The van der Waals surface area contributed by atoms with Crippen molar-refractivity contribution in [3.8, 4) is 11.5 Å². The molecule has 2 aromatic carbocycles. The maximum Gasteiger partial charge on any atom is 0.258 e. The number of ether oxygens (including phenoxy) is 2.